The predicted molar refractivity (Wildman–Crippen MR) is 126 cm³/mol. The number of thioether (sulfide) groups is 1. The lowest BCUT2D eigenvalue weighted by Gasteiger charge is -2.08. The van der Waals surface area contributed by atoms with E-state index in [2.05, 4.69) is 16.4 Å². The van der Waals surface area contributed by atoms with E-state index in [1.807, 2.05) is 42.5 Å². The van der Waals surface area contributed by atoms with Crippen molar-refractivity contribution in [1.29, 1.82) is 0 Å². The third kappa shape index (κ3) is 4.45. The Labute approximate surface area is 188 Å². The molecule has 8 heteroatoms. The molecule has 0 saturated carbocycles. The molecule has 3 aromatic carbocycles. The van der Waals surface area contributed by atoms with Crippen LogP contribution in [0.4, 0.5) is 5.69 Å². The molecule has 7 nitrogen and oxygen atoms in total. The number of hydrogen-bond donors (Lipinski definition) is 2. The second-order valence-electron chi connectivity index (χ2n) is 6.98. The van der Waals surface area contributed by atoms with E-state index < -0.39 is 10.8 Å². The van der Waals surface area contributed by atoms with Crippen LogP contribution in [-0.4, -0.2) is 35.2 Å². The number of nitrogens with zero attached hydrogens (tertiary/aromatic N) is 1. The summed E-state index contributed by atoms with van der Waals surface area (Å²) in [6.45, 7) is 0.372. The number of H-pyrrole nitrogens is 1. The minimum Gasteiger partial charge on any atom is -0.497 e. The molecule has 0 unspecified atom stereocenters. The van der Waals surface area contributed by atoms with E-state index in [9.17, 15) is 14.9 Å². The van der Waals surface area contributed by atoms with Crippen LogP contribution in [0.15, 0.2) is 77.7 Å². The number of fused-ring (bicyclic) bond motifs is 1. The van der Waals surface area contributed by atoms with Crippen LogP contribution >= 0.6 is 11.8 Å². The Kier molecular flexibility index (Phi) is 6.42. The number of nitro groups is 1. The average molecular weight is 448 g/mol. The number of aromatic nitrogens is 1. The van der Waals surface area contributed by atoms with E-state index in [0.29, 0.717) is 12.3 Å². The van der Waals surface area contributed by atoms with Crippen LogP contribution < -0.4 is 10.1 Å². The molecule has 2 N–H and O–H groups in total. The number of carbonyl (C=O) groups is 1. The van der Waals surface area contributed by atoms with Gasteiger partial charge in [0.05, 0.1) is 17.7 Å². The number of para-hydroxylation sites is 2. The first-order valence-corrected chi connectivity index (χ1v) is 11.0. The predicted octanol–water partition coefficient (Wildman–Crippen LogP) is 5.27. The van der Waals surface area contributed by atoms with Gasteiger partial charge in [-0.2, -0.15) is 0 Å². The van der Waals surface area contributed by atoms with Crippen molar-refractivity contribution in [2.75, 3.05) is 19.4 Å². The number of aromatic amines is 1. The van der Waals surface area contributed by atoms with E-state index in [-0.39, 0.29) is 11.3 Å². The maximum atomic E-state index is 12.4. The van der Waals surface area contributed by atoms with Gasteiger partial charge in [-0.05, 0) is 42.0 Å². The molecule has 0 aliphatic heterocycles. The highest BCUT2D eigenvalue weighted by molar-refractivity contribution is 7.99. The molecule has 1 heterocycles. The fourth-order valence-electron chi connectivity index (χ4n) is 3.46. The quantitative estimate of drug-likeness (QED) is 0.166. The van der Waals surface area contributed by atoms with E-state index in [1.165, 1.54) is 12.1 Å². The zero-order valence-corrected chi connectivity index (χ0v) is 18.1. The Morgan fingerprint density at radius 1 is 1.06 bits per heavy atom. The Morgan fingerprint density at radius 3 is 2.53 bits per heavy atom. The van der Waals surface area contributed by atoms with Gasteiger partial charge in [0.2, 0.25) is 0 Å². The summed E-state index contributed by atoms with van der Waals surface area (Å²) in [5, 5.41) is 15.1. The molecule has 0 fully saturated rings. The number of nitro benzene ring substituents is 1. The molecule has 32 heavy (non-hydrogen) atoms. The normalized spacial score (nSPS) is 10.8. The number of rotatable bonds is 8. The Hall–Kier alpha value is -3.78. The lowest BCUT2D eigenvalue weighted by molar-refractivity contribution is -0.385. The second kappa shape index (κ2) is 9.57. The average Bonchev–Trinajstić information content (AvgIpc) is 3.20. The summed E-state index contributed by atoms with van der Waals surface area (Å²) < 4.78 is 5.26. The first-order chi connectivity index (χ1) is 15.6. The summed E-state index contributed by atoms with van der Waals surface area (Å²) in [7, 11) is 1.64. The van der Waals surface area contributed by atoms with E-state index in [4.69, 9.17) is 4.74 Å². The lowest BCUT2D eigenvalue weighted by Crippen LogP contribution is -2.26. The maximum Gasteiger partial charge on any atom is 0.282 e. The monoisotopic (exact) mass is 447 g/mol. The van der Waals surface area contributed by atoms with Crippen LogP contribution in [-0.2, 0) is 0 Å². The second-order valence-corrected chi connectivity index (χ2v) is 8.09. The number of benzene rings is 3. The maximum absolute atomic E-state index is 12.4. The summed E-state index contributed by atoms with van der Waals surface area (Å²) in [6, 6.07) is 21.9. The first kappa shape index (κ1) is 21.5. The van der Waals surface area contributed by atoms with Crippen molar-refractivity contribution < 1.29 is 14.5 Å². The van der Waals surface area contributed by atoms with Crippen molar-refractivity contribution >= 4 is 34.3 Å². The topological polar surface area (TPSA) is 97.3 Å². The Balaban J connectivity index is 1.50. The highest BCUT2D eigenvalue weighted by atomic mass is 32.2. The molecule has 0 radical (unpaired) electrons. The highest BCUT2D eigenvalue weighted by Crippen LogP contribution is 2.38. The van der Waals surface area contributed by atoms with Gasteiger partial charge in [-0.3, -0.25) is 14.9 Å². The van der Waals surface area contributed by atoms with Gasteiger partial charge in [-0.1, -0.05) is 30.3 Å². The fraction of sp³-hybridized carbons (Fsp3) is 0.125. The molecule has 4 aromatic rings. The standard InChI is InChI=1S/C24H21N3O4S/c1-31-17-12-10-16(11-13-17)22-23(18-6-2-4-8-20(18)26-22)32-15-14-25-24(28)19-7-3-5-9-21(19)27(29)30/h2-13,26H,14-15H2,1H3,(H,25,28). The van der Waals surface area contributed by atoms with Crippen molar-refractivity contribution in [3.8, 4) is 17.0 Å². The molecular formula is C24H21N3O4S. The Bertz CT molecular complexity index is 1270. The highest BCUT2D eigenvalue weighted by Gasteiger charge is 2.19. The summed E-state index contributed by atoms with van der Waals surface area (Å²) in [6.07, 6.45) is 0. The van der Waals surface area contributed by atoms with Gasteiger partial charge in [0.15, 0.2) is 0 Å². The number of amides is 1. The van der Waals surface area contributed by atoms with Crippen LogP contribution in [0.25, 0.3) is 22.2 Å². The summed E-state index contributed by atoms with van der Waals surface area (Å²) in [5.74, 6) is 0.946. The molecule has 0 atom stereocenters. The molecule has 0 spiro atoms. The number of nitrogens with one attached hydrogen (secondary N) is 2. The van der Waals surface area contributed by atoms with Gasteiger partial charge in [0, 0.05) is 34.2 Å². The molecule has 0 aliphatic carbocycles. The van der Waals surface area contributed by atoms with E-state index >= 15 is 0 Å². The minimum atomic E-state index is -0.545. The summed E-state index contributed by atoms with van der Waals surface area (Å²) >= 11 is 1.62. The van der Waals surface area contributed by atoms with E-state index in [1.54, 1.807) is 31.0 Å². The largest absolute Gasteiger partial charge is 0.497 e. The minimum absolute atomic E-state index is 0.0634. The fourth-order valence-corrected chi connectivity index (χ4v) is 4.52. The van der Waals surface area contributed by atoms with Crippen molar-refractivity contribution in [3.05, 3.63) is 88.5 Å². The third-order valence-corrected chi connectivity index (χ3v) is 6.14. The smallest absolute Gasteiger partial charge is 0.282 e. The molecule has 162 valence electrons. The van der Waals surface area contributed by atoms with Crippen molar-refractivity contribution in [2.45, 2.75) is 4.90 Å². The van der Waals surface area contributed by atoms with Crippen molar-refractivity contribution in [2.24, 2.45) is 0 Å². The molecule has 0 bridgehead atoms. The van der Waals surface area contributed by atoms with Crippen LogP contribution in [0.3, 0.4) is 0 Å². The summed E-state index contributed by atoms with van der Waals surface area (Å²) in [4.78, 5) is 27.6. The van der Waals surface area contributed by atoms with Gasteiger partial charge in [0.1, 0.15) is 11.3 Å². The number of ether oxygens (including phenoxy) is 1. The number of carbonyl (C=O) groups excluding carboxylic acids is 1. The molecule has 4 rings (SSSR count). The van der Waals surface area contributed by atoms with Crippen LogP contribution in [0.2, 0.25) is 0 Å². The first-order valence-electron chi connectivity index (χ1n) is 9.98. The van der Waals surface area contributed by atoms with Crippen molar-refractivity contribution in [1.82, 2.24) is 10.3 Å². The molecule has 1 aromatic heterocycles. The molecule has 0 saturated heterocycles. The van der Waals surface area contributed by atoms with Crippen LogP contribution in [0, 0.1) is 10.1 Å². The van der Waals surface area contributed by atoms with Crippen LogP contribution in [0.5, 0.6) is 5.75 Å². The Morgan fingerprint density at radius 2 is 1.78 bits per heavy atom. The summed E-state index contributed by atoms with van der Waals surface area (Å²) in [5.41, 5.74) is 2.94. The molecular weight excluding hydrogens is 426 g/mol. The number of methoxy groups -OCH3 is 1. The molecule has 0 aliphatic rings. The van der Waals surface area contributed by atoms with Gasteiger partial charge in [-0.25, -0.2) is 0 Å². The van der Waals surface area contributed by atoms with Gasteiger partial charge in [-0.15, -0.1) is 11.8 Å². The lowest BCUT2D eigenvalue weighted by atomic mass is 10.1. The zero-order valence-electron chi connectivity index (χ0n) is 17.3. The SMILES string of the molecule is COc1ccc(-c2[nH]c3ccccc3c2SCCNC(=O)c2ccccc2[N+](=O)[O-])cc1. The van der Waals surface area contributed by atoms with Crippen molar-refractivity contribution in [3.63, 3.8) is 0 Å². The van der Waals surface area contributed by atoms with Gasteiger partial charge >= 0.3 is 0 Å². The third-order valence-electron chi connectivity index (χ3n) is 5.02. The molecule has 1 amide bonds. The van der Waals surface area contributed by atoms with Gasteiger partial charge < -0.3 is 15.0 Å². The van der Waals surface area contributed by atoms with Gasteiger partial charge in [0.25, 0.3) is 11.6 Å². The van der Waals surface area contributed by atoms with Crippen LogP contribution in [0.1, 0.15) is 10.4 Å². The zero-order chi connectivity index (χ0) is 22.5. The van der Waals surface area contributed by atoms with E-state index in [0.717, 1.165) is 32.8 Å². The number of hydrogen-bond acceptors (Lipinski definition) is 5.